The molecule has 3 aromatic carbocycles. The van der Waals surface area contributed by atoms with Crippen LogP contribution in [0, 0.1) is 0 Å². The van der Waals surface area contributed by atoms with E-state index in [0.29, 0.717) is 5.84 Å². The van der Waals surface area contributed by atoms with Gasteiger partial charge in [0.1, 0.15) is 5.84 Å². The summed E-state index contributed by atoms with van der Waals surface area (Å²) in [5, 5.41) is 0. The summed E-state index contributed by atoms with van der Waals surface area (Å²) in [5.41, 5.74) is 10.3. The largest absolute Gasteiger partial charge is 0.383 e. The maximum absolute atomic E-state index is 6.24. The molecule has 0 unspecified atom stereocenters. The van der Waals surface area contributed by atoms with Crippen LogP contribution in [-0.4, -0.2) is 5.84 Å². The zero-order valence-corrected chi connectivity index (χ0v) is 15.4. The van der Waals surface area contributed by atoms with Crippen LogP contribution in [-0.2, 0) is 6.42 Å². The summed E-state index contributed by atoms with van der Waals surface area (Å²) < 4.78 is 1.02. The van der Waals surface area contributed by atoms with Crippen molar-refractivity contribution in [2.45, 2.75) is 6.42 Å². The predicted molar refractivity (Wildman–Crippen MR) is 109 cm³/mol. The minimum atomic E-state index is 0.514. The summed E-state index contributed by atoms with van der Waals surface area (Å²) in [4.78, 5) is 4.71. The van der Waals surface area contributed by atoms with Gasteiger partial charge in [-0.1, -0.05) is 94.8 Å². The lowest BCUT2D eigenvalue weighted by Crippen LogP contribution is -2.13. The number of allylic oxidation sites excluding steroid dienone is 1. The smallest absolute Gasteiger partial charge is 0.131 e. The molecule has 0 heterocycles. The molecule has 0 fully saturated rings. The van der Waals surface area contributed by atoms with Crippen molar-refractivity contribution in [3.05, 3.63) is 112 Å². The van der Waals surface area contributed by atoms with Crippen LogP contribution in [0.1, 0.15) is 16.7 Å². The van der Waals surface area contributed by atoms with Gasteiger partial charge in [0, 0.05) is 15.6 Å². The van der Waals surface area contributed by atoms with Crippen LogP contribution in [0.4, 0.5) is 0 Å². The second kappa shape index (κ2) is 8.45. The van der Waals surface area contributed by atoms with E-state index in [1.165, 1.54) is 5.56 Å². The van der Waals surface area contributed by atoms with Gasteiger partial charge in [-0.25, -0.2) is 4.99 Å². The van der Waals surface area contributed by atoms with Gasteiger partial charge in [0.25, 0.3) is 0 Å². The van der Waals surface area contributed by atoms with Crippen molar-refractivity contribution in [1.82, 2.24) is 0 Å². The van der Waals surface area contributed by atoms with E-state index in [4.69, 9.17) is 10.7 Å². The van der Waals surface area contributed by atoms with E-state index in [1.807, 2.05) is 66.7 Å². The van der Waals surface area contributed by atoms with Crippen molar-refractivity contribution in [1.29, 1.82) is 0 Å². The molecule has 0 aromatic heterocycles. The molecular weight excluding hydrogens is 372 g/mol. The van der Waals surface area contributed by atoms with Gasteiger partial charge in [-0.05, 0) is 24.1 Å². The van der Waals surface area contributed by atoms with E-state index >= 15 is 0 Å². The third-order valence-electron chi connectivity index (χ3n) is 3.80. The number of hydrogen-bond donors (Lipinski definition) is 1. The molecule has 0 radical (unpaired) electrons. The van der Waals surface area contributed by atoms with Gasteiger partial charge in [0.15, 0.2) is 0 Å². The Balaban J connectivity index is 1.97. The Hall–Kier alpha value is -2.65. The van der Waals surface area contributed by atoms with Crippen molar-refractivity contribution in [2.24, 2.45) is 10.7 Å². The monoisotopic (exact) mass is 390 g/mol. The summed E-state index contributed by atoms with van der Waals surface area (Å²) >= 11 is 3.53. The van der Waals surface area contributed by atoms with Crippen LogP contribution in [0.15, 0.2) is 100 Å². The Bertz CT molecular complexity index is 884. The fourth-order valence-electron chi connectivity index (χ4n) is 2.51. The van der Waals surface area contributed by atoms with E-state index in [-0.39, 0.29) is 0 Å². The van der Waals surface area contributed by atoms with Crippen molar-refractivity contribution >= 4 is 27.5 Å². The molecule has 2 N–H and O–H groups in total. The Morgan fingerprint density at radius 2 is 1.48 bits per heavy atom. The average Bonchev–Trinajstić information content (AvgIpc) is 2.66. The third-order valence-corrected chi connectivity index (χ3v) is 4.30. The van der Waals surface area contributed by atoms with Gasteiger partial charge in [0.05, 0.1) is 5.70 Å². The molecule has 0 aliphatic carbocycles. The molecule has 3 rings (SSSR count). The SMILES string of the molecule is NC(=NC(=CCc1ccccc1)c1cccc(Br)c1)c1ccccc1. The minimum absolute atomic E-state index is 0.514. The van der Waals surface area contributed by atoms with E-state index in [9.17, 15) is 0 Å². The second-order valence-corrected chi connectivity index (χ2v) is 6.57. The summed E-state index contributed by atoms with van der Waals surface area (Å²) in [5.74, 6) is 0.514. The summed E-state index contributed by atoms with van der Waals surface area (Å²) in [6.45, 7) is 0. The number of benzene rings is 3. The van der Waals surface area contributed by atoms with E-state index in [2.05, 4.69) is 40.2 Å². The Labute approximate surface area is 156 Å². The zero-order valence-electron chi connectivity index (χ0n) is 13.8. The molecule has 0 spiro atoms. The molecule has 25 heavy (non-hydrogen) atoms. The minimum Gasteiger partial charge on any atom is -0.383 e. The lowest BCUT2D eigenvalue weighted by molar-refractivity contribution is 1.26. The zero-order chi connectivity index (χ0) is 17.5. The second-order valence-electron chi connectivity index (χ2n) is 5.65. The molecule has 3 heteroatoms. The number of amidine groups is 1. The fourth-order valence-corrected chi connectivity index (χ4v) is 2.91. The van der Waals surface area contributed by atoms with E-state index in [1.54, 1.807) is 0 Å². The first-order valence-electron chi connectivity index (χ1n) is 8.12. The molecule has 0 aliphatic rings. The normalized spacial score (nSPS) is 12.2. The Morgan fingerprint density at radius 1 is 0.840 bits per heavy atom. The quantitative estimate of drug-likeness (QED) is 0.457. The topological polar surface area (TPSA) is 38.4 Å². The number of nitrogens with zero attached hydrogens (tertiary/aromatic N) is 1. The number of halogens is 1. The number of rotatable bonds is 5. The lowest BCUT2D eigenvalue weighted by Gasteiger charge is -2.07. The van der Waals surface area contributed by atoms with E-state index < -0.39 is 0 Å². The molecule has 3 aromatic rings. The van der Waals surface area contributed by atoms with Gasteiger partial charge in [-0.15, -0.1) is 0 Å². The molecule has 0 amide bonds. The highest BCUT2D eigenvalue weighted by molar-refractivity contribution is 9.10. The average molecular weight is 391 g/mol. The number of nitrogens with two attached hydrogens (primary N) is 1. The third kappa shape index (κ3) is 4.91. The number of hydrogen-bond acceptors (Lipinski definition) is 1. The van der Waals surface area contributed by atoms with Crippen molar-refractivity contribution in [2.75, 3.05) is 0 Å². The molecule has 124 valence electrons. The van der Waals surface area contributed by atoms with Gasteiger partial charge in [0.2, 0.25) is 0 Å². The van der Waals surface area contributed by atoms with Crippen molar-refractivity contribution in [3.8, 4) is 0 Å². The van der Waals surface area contributed by atoms with Crippen LogP contribution in [0.2, 0.25) is 0 Å². The molecule has 0 bridgehead atoms. The van der Waals surface area contributed by atoms with Gasteiger partial charge in [-0.2, -0.15) is 0 Å². The van der Waals surface area contributed by atoms with Crippen LogP contribution < -0.4 is 5.73 Å². The maximum atomic E-state index is 6.24. The Kier molecular flexibility index (Phi) is 5.81. The predicted octanol–water partition coefficient (Wildman–Crippen LogP) is 5.44. The van der Waals surface area contributed by atoms with Crippen LogP contribution in [0.25, 0.3) is 5.70 Å². The maximum Gasteiger partial charge on any atom is 0.131 e. The Morgan fingerprint density at radius 3 is 2.16 bits per heavy atom. The van der Waals surface area contributed by atoms with Crippen LogP contribution >= 0.6 is 15.9 Å². The van der Waals surface area contributed by atoms with Gasteiger partial charge >= 0.3 is 0 Å². The first kappa shape index (κ1) is 17.2. The fraction of sp³-hybridized carbons (Fsp3) is 0.0455. The lowest BCUT2D eigenvalue weighted by atomic mass is 10.1. The first-order chi connectivity index (χ1) is 12.2. The van der Waals surface area contributed by atoms with Gasteiger partial charge < -0.3 is 5.73 Å². The molecule has 0 saturated carbocycles. The standard InChI is InChI=1S/C22H19BrN2/c23-20-13-7-12-19(16-20)21(15-14-17-8-3-1-4-9-17)25-22(24)18-10-5-2-6-11-18/h1-13,15-16H,14H2,(H2,24,25). The van der Waals surface area contributed by atoms with Crippen LogP contribution in [0.5, 0.6) is 0 Å². The highest BCUT2D eigenvalue weighted by Crippen LogP contribution is 2.22. The van der Waals surface area contributed by atoms with Crippen LogP contribution in [0.3, 0.4) is 0 Å². The summed E-state index contributed by atoms with van der Waals surface area (Å²) in [6, 6.07) is 28.3. The molecule has 2 nitrogen and oxygen atoms in total. The van der Waals surface area contributed by atoms with Crippen molar-refractivity contribution < 1.29 is 0 Å². The first-order valence-corrected chi connectivity index (χ1v) is 8.91. The summed E-state index contributed by atoms with van der Waals surface area (Å²) in [6.07, 6.45) is 2.92. The molecule has 0 atom stereocenters. The molecular formula is C22H19BrN2. The molecule has 0 aliphatic heterocycles. The highest BCUT2D eigenvalue weighted by Gasteiger charge is 2.04. The summed E-state index contributed by atoms with van der Waals surface area (Å²) in [7, 11) is 0. The number of aliphatic imine (C=N–C) groups is 1. The van der Waals surface area contributed by atoms with Crippen molar-refractivity contribution in [3.63, 3.8) is 0 Å². The van der Waals surface area contributed by atoms with E-state index in [0.717, 1.165) is 27.7 Å². The molecule has 0 saturated heterocycles. The van der Waals surface area contributed by atoms with Gasteiger partial charge in [-0.3, -0.25) is 0 Å². The highest BCUT2D eigenvalue weighted by atomic mass is 79.9.